The van der Waals surface area contributed by atoms with Gasteiger partial charge in [-0.1, -0.05) is 79.4 Å². The maximum Gasteiger partial charge on any atom is 0.313 e. The van der Waals surface area contributed by atoms with Crippen LogP contribution in [0.2, 0.25) is 0 Å². The topological polar surface area (TPSA) is 96.4 Å². The number of amides is 2. The molecule has 8 heteroatoms. The van der Waals surface area contributed by atoms with Gasteiger partial charge in [0.25, 0.3) is 5.91 Å². The zero-order valence-electron chi connectivity index (χ0n) is 24.9. The van der Waals surface area contributed by atoms with Crippen LogP contribution in [0.15, 0.2) is 98.1 Å². The molecule has 1 N–H and O–H groups in total. The summed E-state index contributed by atoms with van der Waals surface area (Å²) in [6.45, 7) is 9.22. The molecule has 8 nitrogen and oxygen atoms in total. The molecule has 6 atom stereocenters. The molecule has 3 aromatic rings. The van der Waals surface area contributed by atoms with E-state index >= 15 is 0 Å². The van der Waals surface area contributed by atoms with E-state index in [-0.39, 0.29) is 31.6 Å². The smallest absolute Gasteiger partial charge is 0.313 e. The minimum atomic E-state index is -1.26. The molecular formula is C36H38N2O6. The summed E-state index contributed by atoms with van der Waals surface area (Å²) in [5.41, 5.74) is -0.660. The lowest BCUT2D eigenvalue weighted by molar-refractivity contribution is -0.159. The monoisotopic (exact) mass is 594 g/mol. The van der Waals surface area contributed by atoms with Crippen molar-refractivity contribution in [3.8, 4) is 0 Å². The first-order chi connectivity index (χ1) is 21.3. The van der Waals surface area contributed by atoms with Crippen LogP contribution in [0.3, 0.4) is 0 Å². The fourth-order valence-electron chi connectivity index (χ4n) is 7.71. The van der Waals surface area contributed by atoms with Crippen molar-refractivity contribution in [1.29, 1.82) is 0 Å². The van der Waals surface area contributed by atoms with Crippen molar-refractivity contribution in [1.82, 2.24) is 4.90 Å². The number of likely N-dealkylation sites (tertiary alicyclic amines) is 1. The highest BCUT2D eigenvalue weighted by atomic mass is 16.6. The third-order valence-corrected chi connectivity index (χ3v) is 9.59. The molecule has 228 valence electrons. The van der Waals surface area contributed by atoms with Crippen molar-refractivity contribution in [3.05, 3.63) is 104 Å². The molecular weight excluding hydrogens is 556 g/mol. The van der Waals surface area contributed by atoms with Gasteiger partial charge in [-0.3, -0.25) is 14.4 Å². The van der Waals surface area contributed by atoms with Gasteiger partial charge in [-0.25, -0.2) is 0 Å². The predicted molar refractivity (Wildman–Crippen MR) is 168 cm³/mol. The number of benzene rings is 3. The zero-order chi connectivity index (χ0) is 31.1. The van der Waals surface area contributed by atoms with Crippen LogP contribution in [0.25, 0.3) is 10.8 Å². The molecule has 0 radical (unpaired) electrons. The quantitative estimate of drug-likeness (QED) is 0.260. The van der Waals surface area contributed by atoms with Crippen molar-refractivity contribution in [2.75, 3.05) is 24.7 Å². The maximum atomic E-state index is 15.0. The number of anilines is 1. The van der Waals surface area contributed by atoms with Gasteiger partial charge in [0.1, 0.15) is 24.2 Å². The first-order valence-electron chi connectivity index (χ1n) is 15.1. The van der Waals surface area contributed by atoms with Crippen molar-refractivity contribution in [2.24, 2.45) is 11.8 Å². The zero-order valence-corrected chi connectivity index (χ0v) is 24.9. The Labute approximate surface area is 257 Å². The first-order valence-corrected chi connectivity index (χ1v) is 15.1. The van der Waals surface area contributed by atoms with Crippen molar-refractivity contribution in [3.63, 3.8) is 0 Å². The summed E-state index contributed by atoms with van der Waals surface area (Å²) < 4.78 is 12.2. The van der Waals surface area contributed by atoms with Gasteiger partial charge in [-0.2, -0.15) is 0 Å². The second-order valence-electron chi connectivity index (χ2n) is 12.2. The lowest BCUT2D eigenvalue weighted by atomic mass is 9.66. The fourth-order valence-corrected chi connectivity index (χ4v) is 7.71. The average molecular weight is 595 g/mol. The summed E-state index contributed by atoms with van der Waals surface area (Å²) in [5, 5.41) is 12.7. The van der Waals surface area contributed by atoms with E-state index in [1.165, 1.54) is 11.0 Å². The number of fused-ring (bicyclic) bond motifs is 2. The minimum absolute atomic E-state index is 0.00768. The molecule has 6 rings (SSSR count). The SMILES string of the molecule is C=CCOC(=O)[C@H]1[C@H]2C(=O)N([C@@H](CO)Cc3ccccc3)C(C(=O)N(CC=C)c3ccc4ccccc4c3)C23CC[C@]1(C)O3. The van der Waals surface area contributed by atoms with Crippen LogP contribution >= 0.6 is 0 Å². The largest absolute Gasteiger partial charge is 0.461 e. The molecule has 2 amide bonds. The van der Waals surface area contributed by atoms with Crippen LogP contribution in [0.5, 0.6) is 0 Å². The summed E-state index contributed by atoms with van der Waals surface area (Å²) in [6, 6.07) is 21.4. The Morgan fingerprint density at radius 2 is 1.80 bits per heavy atom. The molecule has 2 bridgehead atoms. The molecule has 0 aromatic heterocycles. The van der Waals surface area contributed by atoms with Gasteiger partial charge >= 0.3 is 5.97 Å². The Balaban J connectivity index is 1.47. The number of hydrogen-bond donors (Lipinski definition) is 1. The maximum absolute atomic E-state index is 15.0. The molecule has 3 heterocycles. The van der Waals surface area contributed by atoms with Crippen LogP contribution in [0.4, 0.5) is 5.69 Å². The molecule has 0 saturated carbocycles. The van der Waals surface area contributed by atoms with E-state index in [4.69, 9.17) is 9.47 Å². The lowest BCUT2D eigenvalue weighted by Gasteiger charge is -2.39. The van der Waals surface area contributed by atoms with Gasteiger partial charge in [0.05, 0.1) is 24.2 Å². The molecule has 3 aliphatic heterocycles. The highest BCUT2D eigenvalue weighted by Gasteiger charge is 2.79. The van der Waals surface area contributed by atoms with Crippen LogP contribution in [-0.4, -0.2) is 70.8 Å². The number of ether oxygens (including phenoxy) is 2. The number of carbonyl (C=O) groups excluding carboxylic acids is 3. The normalized spacial score (nSPS) is 27.6. The Kier molecular flexibility index (Phi) is 7.90. The number of aliphatic hydroxyl groups excluding tert-OH is 1. The average Bonchev–Trinajstić information content (AvgIpc) is 3.61. The molecule has 3 aliphatic rings. The summed E-state index contributed by atoms with van der Waals surface area (Å²) in [5.74, 6) is -3.08. The third kappa shape index (κ3) is 4.73. The van der Waals surface area contributed by atoms with Gasteiger partial charge in [-0.05, 0) is 54.7 Å². The minimum Gasteiger partial charge on any atom is -0.461 e. The van der Waals surface area contributed by atoms with E-state index in [9.17, 15) is 19.5 Å². The van der Waals surface area contributed by atoms with E-state index in [0.29, 0.717) is 24.9 Å². The van der Waals surface area contributed by atoms with Gasteiger partial charge in [0, 0.05) is 12.2 Å². The van der Waals surface area contributed by atoms with Crippen LogP contribution in [-0.2, 0) is 30.3 Å². The summed E-state index contributed by atoms with van der Waals surface area (Å²) >= 11 is 0. The fraction of sp³-hybridized carbons (Fsp3) is 0.361. The molecule has 1 spiro atoms. The predicted octanol–water partition coefficient (Wildman–Crippen LogP) is 4.46. The number of carbonyl (C=O) groups is 3. The van der Waals surface area contributed by atoms with Gasteiger partial charge in [0.15, 0.2) is 0 Å². The van der Waals surface area contributed by atoms with Gasteiger partial charge < -0.3 is 24.4 Å². The van der Waals surface area contributed by atoms with Crippen LogP contribution in [0, 0.1) is 11.8 Å². The van der Waals surface area contributed by atoms with E-state index < -0.39 is 41.1 Å². The molecule has 3 saturated heterocycles. The number of hydrogen-bond acceptors (Lipinski definition) is 6. The Hall–Kier alpha value is -4.27. The van der Waals surface area contributed by atoms with Crippen molar-refractivity contribution in [2.45, 2.75) is 49.5 Å². The van der Waals surface area contributed by atoms with Gasteiger partial charge in [-0.15, -0.1) is 6.58 Å². The summed E-state index contributed by atoms with van der Waals surface area (Å²) in [7, 11) is 0. The van der Waals surface area contributed by atoms with Crippen LogP contribution in [0.1, 0.15) is 25.3 Å². The molecule has 3 fully saturated rings. The molecule has 44 heavy (non-hydrogen) atoms. The Bertz CT molecular complexity index is 1610. The Morgan fingerprint density at radius 3 is 2.50 bits per heavy atom. The second-order valence-corrected chi connectivity index (χ2v) is 12.2. The van der Waals surface area contributed by atoms with Gasteiger partial charge in [0.2, 0.25) is 5.91 Å². The van der Waals surface area contributed by atoms with E-state index in [1.54, 1.807) is 11.0 Å². The Morgan fingerprint density at radius 1 is 1.07 bits per heavy atom. The number of esters is 1. The van der Waals surface area contributed by atoms with E-state index in [2.05, 4.69) is 13.2 Å². The number of aliphatic hydroxyl groups is 1. The third-order valence-electron chi connectivity index (χ3n) is 9.59. The summed E-state index contributed by atoms with van der Waals surface area (Å²) in [4.78, 5) is 46.2. The van der Waals surface area contributed by atoms with E-state index in [0.717, 1.165) is 16.3 Å². The molecule has 0 aliphatic carbocycles. The van der Waals surface area contributed by atoms with E-state index in [1.807, 2.05) is 79.7 Å². The van der Waals surface area contributed by atoms with Crippen LogP contribution < -0.4 is 4.90 Å². The summed E-state index contributed by atoms with van der Waals surface area (Å²) in [6.07, 6.45) is 4.37. The number of nitrogens with zero attached hydrogens (tertiary/aromatic N) is 2. The van der Waals surface area contributed by atoms with Crippen molar-refractivity contribution >= 4 is 34.2 Å². The lowest BCUT2D eigenvalue weighted by Crippen LogP contribution is -2.59. The highest BCUT2D eigenvalue weighted by molar-refractivity contribution is 6.05. The molecule has 3 aromatic carbocycles. The first kappa shape index (κ1) is 29.8. The highest BCUT2D eigenvalue weighted by Crippen LogP contribution is 2.64. The number of rotatable bonds is 11. The van der Waals surface area contributed by atoms with Crippen molar-refractivity contribution < 1.29 is 29.0 Å². The molecule has 2 unspecified atom stereocenters. The second kappa shape index (κ2) is 11.7. The standard InChI is InChI=1S/C36H38N2O6/c1-4-19-37(27-16-15-25-13-9-10-14-26(25)22-27)33(41)31-36-18-17-35(3,44-36)30(34(42)43-20-5-2)29(36)32(40)38(31)28(23-39)21-24-11-7-6-8-12-24/h4-16,22,28-31,39H,1-2,17-21,23H2,3H3/t28-,29+,30-,31?,35+,36?/m1/s1.